The van der Waals surface area contributed by atoms with E-state index in [4.69, 9.17) is 4.98 Å². The fourth-order valence-corrected chi connectivity index (χ4v) is 3.29. The van der Waals surface area contributed by atoms with Gasteiger partial charge in [0.2, 0.25) is 0 Å². The summed E-state index contributed by atoms with van der Waals surface area (Å²) >= 11 is 1.66. The molecule has 1 heterocycles. The molecule has 0 aliphatic rings. The lowest BCUT2D eigenvalue weighted by Gasteiger charge is -2.18. The fraction of sp³-hybridized carbons (Fsp3) is 0.471. The Morgan fingerprint density at radius 3 is 2.57 bits per heavy atom. The molecule has 4 heteroatoms. The molecule has 0 aliphatic heterocycles. The number of nitrogens with zero attached hydrogens (tertiary/aromatic N) is 1. The van der Waals surface area contributed by atoms with E-state index in [0.717, 1.165) is 23.7 Å². The van der Waals surface area contributed by atoms with Gasteiger partial charge in [0.15, 0.2) is 0 Å². The smallest absolute Gasteiger partial charge is 0.127 e. The first-order valence-electron chi connectivity index (χ1n) is 7.34. The van der Waals surface area contributed by atoms with E-state index in [1.165, 1.54) is 6.07 Å². The lowest BCUT2D eigenvalue weighted by Crippen LogP contribution is -2.24. The number of nitrogens with one attached hydrogen (secondary N) is 1. The summed E-state index contributed by atoms with van der Waals surface area (Å²) in [5.41, 5.74) is 1.87. The predicted octanol–water partition coefficient (Wildman–Crippen LogP) is 4.47. The molecule has 2 rings (SSSR count). The van der Waals surface area contributed by atoms with Crippen molar-refractivity contribution in [2.75, 3.05) is 6.54 Å². The van der Waals surface area contributed by atoms with Crippen LogP contribution in [0.1, 0.15) is 50.0 Å². The molecular formula is C17H23FN2S. The number of thiazole rings is 1. The summed E-state index contributed by atoms with van der Waals surface area (Å²) < 4.78 is 14.0. The van der Waals surface area contributed by atoms with Crippen molar-refractivity contribution in [1.29, 1.82) is 0 Å². The number of aromatic nitrogens is 1. The zero-order valence-electron chi connectivity index (χ0n) is 13.1. The van der Waals surface area contributed by atoms with Crippen molar-refractivity contribution in [3.63, 3.8) is 0 Å². The number of hydrogen-bond acceptors (Lipinski definition) is 3. The minimum atomic E-state index is -0.156. The zero-order chi connectivity index (χ0) is 15.5. The van der Waals surface area contributed by atoms with Crippen molar-refractivity contribution < 1.29 is 4.39 Å². The Hall–Kier alpha value is -1.26. The van der Waals surface area contributed by atoms with Crippen molar-refractivity contribution >= 4 is 11.3 Å². The van der Waals surface area contributed by atoms with E-state index in [9.17, 15) is 4.39 Å². The Kier molecular flexibility index (Phi) is 5.12. The van der Waals surface area contributed by atoms with Crippen LogP contribution in [0, 0.1) is 5.82 Å². The average molecular weight is 306 g/mol. The monoisotopic (exact) mass is 306 g/mol. The zero-order valence-corrected chi connectivity index (χ0v) is 13.9. The van der Waals surface area contributed by atoms with Crippen LogP contribution in [0.25, 0.3) is 0 Å². The normalized spacial score (nSPS) is 13.4. The SMILES string of the molecule is CCNC(Cc1nc(C(C)(C)C)cs1)c1ccccc1F. The Balaban J connectivity index is 2.21. The topological polar surface area (TPSA) is 24.9 Å². The summed E-state index contributed by atoms with van der Waals surface area (Å²) in [7, 11) is 0. The van der Waals surface area contributed by atoms with Crippen LogP contribution in [0.4, 0.5) is 4.39 Å². The second-order valence-corrected chi connectivity index (χ2v) is 7.16. The molecule has 1 atom stereocenters. The molecule has 0 saturated carbocycles. The van der Waals surface area contributed by atoms with Gasteiger partial charge in [0.25, 0.3) is 0 Å². The highest BCUT2D eigenvalue weighted by molar-refractivity contribution is 7.09. The number of rotatable bonds is 5. The Labute approximate surface area is 130 Å². The van der Waals surface area contributed by atoms with Crippen molar-refractivity contribution in [1.82, 2.24) is 10.3 Å². The van der Waals surface area contributed by atoms with E-state index in [2.05, 4.69) is 31.5 Å². The van der Waals surface area contributed by atoms with E-state index < -0.39 is 0 Å². The minimum absolute atomic E-state index is 0.0323. The maximum Gasteiger partial charge on any atom is 0.127 e. The van der Waals surface area contributed by atoms with E-state index in [1.54, 1.807) is 17.4 Å². The molecule has 0 spiro atoms. The molecule has 0 fully saturated rings. The molecular weight excluding hydrogens is 283 g/mol. The molecule has 21 heavy (non-hydrogen) atoms. The highest BCUT2D eigenvalue weighted by Crippen LogP contribution is 2.27. The lowest BCUT2D eigenvalue weighted by atomic mass is 9.93. The minimum Gasteiger partial charge on any atom is -0.310 e. The average Bonchev–Trinajstić information content (AvgIpc) is 2.87. The van der Waals surface area contributed by atoms with Gasteiger partial charge in [-0.15, -0.1) is 11.3 Å². The third-order valence-corrected chi connectivity index (χ3v) is 4.30. The third kappa shape index (κ3) is 4.11. The van der Waals surface area contributed by atoms with Crippen molar-refractivity contribution in [3.05, 3.63) is 51.7 Å². The maximum absolute atomic E-state index is 14.0. The second kappa shape index (κ2) is 6.67. The van der Waals surface area contributed by atoms with Gasteiger partial charge in [0, 0.05) is 28.8 Å². The van der Waals surface area contributed by atoms with Crippen LogP contribution in [0.2, 0.25) is 0 Å². The van der Waals surface area contributed by atoms with Gasteiger partial charge in [-0.25, -0.2) is 9.37 Å². The summed E-state index contributed by atoms with van der Waals surface area (Å²) in [6, 6.07) is 6.94. The molecule has 1 N–H and O–H groups in total. The van der Waals surface area contributed by atoms with E-state index >= 15 is 0 Å². The van der Waals surface area contributed by atoms with E-state index in [-0.39, 0.29) is 17.3 Å². The van der Waals surface area contributed by atoms with E-state index in [0.29, 0.717) is 5.56 Å². The molecule has 2 aromatic rings. The molecule has 0 amide bonds. The molecule has 1 aromatic carbocycles. The first-order chi connectivity index (χ1) is 9.91. The maximum atomic E-state index is 14.0. The number of hydrogen-bond donors (Lipinski definition) is 1. The van der Waals surface area contributed by atoms with Crippen LogP contribution in [-0.4, -0.2) is 11.5 Å². The summed E-state index contributed by atoms with van der Waals surface area (Å²) in [4.78, 5) is 4.71. The van der Waals surface area contributed by atoms with Gasteiger partial charge in [-0.3, -0.25) is 0 Å². The van der Waals surface area contributed by atoms with Crippen molar-refractivity contribution in [3.8, 4) is 0 Å². The molecule has 0 bridgehead atoms. The van der Waals surface area contributed by atoms with Gasteiger partial charge in [-0.05, 0) is 12.6 Å². The van der Waals surface area contributed by atoms with Gasteiger partial charge < -0.3 is 5.32 Å². The number of halogens is 1. The molecule has 1 unspecified atom stereocenters. The summed E-state index contributed by atoms with van der Waals surface area (Å²) in [5.74, 6) is -0.156. The molecule has 0 aliphatic carbocycles. The number of benzene rings is 1. The lowest BCUT2D eigenvalue weighted by molar-refractivity contribution is 0.506. The Morgan fingerprint density at radius 2 is 2.00 bits per heavy atom. The molecule has 0 saturated heterocycles. The second-order valence-electron chi connectivity index (χ2n) is 6.21. The van der Waals surface area contributed by atoms with Gasteiger partial charge in [-0.2, -0.15) is 0 Å². The summed E-state index contributed by atoms with van der Waals surface area (Å²) in [5, 5.41) is 6.52. The number of likely N-dealkylation sites (N-methyl/N-ethyl adjacent to an activating group) is 1. The van der Waals surface area contributed by atoms with Gasteiger partial charge >= 0.3 is 0 Å². The van der Waals surface area contributed by atoms with Crippen molar-refractivity contribution in [2.24, 2.45) is 0 Å². The Morgan fingerprint density at radius 1 is 1.29 bits per heavy atom. The summed E-state index contributed by atoms with van der Waals surface area (Å²) in [6.45, 7) is 9.31. The molecule has 0 radical (unpaired) electrons. The van der Waals surface area contributed by atoms with Gasteiger partial charge in [0.05, 0.1) is 10.7 Å². The molecule has 2 nitrogen and oxygen atoms in total. The van der Waals surface area contributed by atoms with Gasteiger partial charge in [-0.1, -0.05) is 45.9 Å². The van der Waals surface area contributed by atoms with Crippen LogP contribution < -0.4 is 5.32 Å². The third-order valence-electron chi connectivity index (χ3n) is 3.43. The van der Waals surface area contributed by atoms with Crippen LogP contribution in [0.5, 0.6) is 0 Å². The van der Waals surface area contributed by atoms with Crippen LogP contribution in [0.15, 0.2) is 29.6 Å². The van der Waals surface area contributed by atoms with E-state index in [1.807, 2.05) is 19.1 Å². The van der Waals surface area contributed by atoms with Crippen LogP contribution >= 0.6 is 11.3 Å². The molecule has 1 aromatic heterocycles. The first-order valence-corrected chi connectivity index (χ1v) is 8.22. The highest BCUT2D eigenvalue weighted by atomic mass is 32.1. The fourth-order valence-electron chi connectivity index (χ4n) is 2.22. The quantitative estimate of drug-likeness (QED) is 0.881. The largest absolute Gasteiger partial charge is 0.310 e. The standard InChI is InChI=1S/C17H23FN2S/c1-5-19-14(12-8-6-7-9-13(12)18)10-16-20-15(11-21-16)17(2,3)4/h6-9,11,14,19H,5,10H2,1-4H3. The summed E-state index contributed by atoms with van der Waals surface area (Å²) in [6.07, 6.45) is 0.718. The first kappa shape index (κ1) is 16.1. The van der Waals surface area contributed by atoms with Gasteiger partial charge in [0.1, 0.15) is 5.82 Å². The van der Waals surface area contributed by atoms with Crippen LogP contribution in [-0.2, 0) is 11.8 Å². The van der Waals surface area contributed by atoms with Crippen LogP contribution in [0.3, 0.4) is 0 Å². The Bertz CT molecular complexity index is 586. The highest BCUT2D eigenvalue weighted by Gasteiger charge is 2.20. The van der Waals surface area contributed by atoms with Crippen molar-refractivity contribution in [2.45, 2.75) is 45.6 Å². The molecule has 114 valence electrons. The predicted molar refractivity (Wildman–Crippen MR) is 87.3 cm³/mol.